The highest BCUT2D eigenvalue weighted by atomic mass is 79.9. The van der Waals surface area contributed by atoms with Crippen molar-refractivity contribution in [2.45, 2.75) is 19.4 Å². The monoisotopic (exact) mass is 286 g/mol. The molecule has 1 heterocycles. The van der Waals surface area contributed by atoms with E-state index >= 15 is 0 Å². The van der Waals surface area contributed by atoms with Gasteiger partial charge in [-0.2, -0.15) is 5.26 Å². The van der Waals surface area contributed by atoms with E-state index in [0.29, 0.717) is 12.0 Å². The number of nitrogens with zero attached hydrogens (tertiary/aromatic N) is 2. The van der Waals surface area contributed by atoms with Crippen LogP contribution >= 0.6 is 27.3 Å². The Bertz CT molecular complexity index is 396. The van der Waals surface area contributed by atoms with Crippen LogP contribution in [0.25, 0.3) is 0 Å². The molecule has 80 valence electrons. The molecule has 0 saturated carbocycles. The zero-order valence-electron chi connectivity index (χ0n) is 8.53. The Morgan fingerprint density at radius 1 is 1.80 bits per heavy atom. The highest BCUT2D eigenvalue weighted by Crippen LogP contribution is 2.22. The van der Waals surface area contributed by atoms with Crippen molar-refractivity contribution in [3.63, 3.8) is 0 Å². The molecule has 1 unspecified atom stereocenters. The van der Waals surface area contributed by atoms with E-state index in [9.17, 15) is 4.79 Å². The molecule has 1 aromatic rings. The third kappa shape index (κ3) is 3.05. The summed E-state index contributed by atoms with van der Waals surface area (Å²) in [5.41, 5.74) is 0.666. The van der Waals surface area contributed by atoms with E-state index in [0.717, 1.165) is 3.79 Å². The van der Waals surface area contributed by atoms with Crippen molar-refractivity contribution in [3.05, 3.63) is 20.8 Å². The number of hydrogen-bond acceptors (Lipinski definition) is 3. The van der Waals surface area contributed by atoms with Gasteiger partial charge in [-0.05, 0) is 28.9 Å². The van der Waals surface area contributed by atoms with Crippen molar-refractivity contribution in [1.29, 1.82) is 5.26 Å². The normalized spacial score (nSPS) is 11.9. The summed E-state index contributed by atoms with van der Waals surface area (Å²) in [6, 6.07) is 3.80. The first kappa shape index (κ1) is 12.2. The molecule has 0 radical (unpaired) electrons. The second kappa shape index (κ2) is 5.29. The number of hydrogen-bond donors (Lipinski definition) is 0. The predicted molar refractivity (Wildman–Crippen MR) is 63.8 cm³/mol. The van der Waals surface area contributed by atoms with Crippen LogP contribution in [0.5, 0.6) is 0 Å². The summed E-state index contributed by atoms with van der Waals surface area (Å²) in [5, 5.41) is 10.4. The molecule has 0 N–H and O–H groups in total. The van der Waals surface area contributed by atoms with Crippen molar-refractivity contribution >= 4 is 33.2 Å². The Labute approximate surface area is 101 Å². The molecule has 1 aromatic heterocycles. The average Bonchev–Trinajstić information content (AvgIpc) is 2.63. The van der Waals surface area contributed by atoms with Gasteiger partial charge in [0.05, 0.1) is 21.8 Å². The van der Waals surface area contributed by atoms with Gasteiger partial charge in [0.2, 0.25) is 0 Å². The summed E-state index contributed by atoms with van der Waals surface area (Å²) in [5.74, 6) is -0.0419. The number of carbonyl (C=O) groups excluding carboxylic acids is 1. The molecular formula is C10H11BrN2OS. The van der Waals surface area contributed by atoms with Gasteiger partial charge in [-0.25, -0.2) is 0 Å². The van der Waals surface area contributed by atoms with Gasteiger partial charge in [0.1, 0.15) is 0 Å². The Balaban J connectivity index is 2.73. The summed E-state index contributed by atoms with van der Waals surface area (Å²) in [7, 11) is 1.72. The summed E-state index contributed by atoms with van der Waals surface area (Å²) in [6.45, 7) is 1.86. The van der Waals surface area contributed by atoms with Crippen LogP contribution in [0.15, 0.2) is 15.2 Å². The number of nitriles is 1. The van der Waals surface area contributed by atoms with Crippen LogP contribution in [-0.4, -0.2) is 23.9 Å². The number of thiophene rings is 1. The van der Waals surface area contributed by atoms with E-state index in [1.807, 2.05) is 12.3 Å². The van der Waals surface area contributed by atoms with Crippen molar-refractivity contribution in [2.75, 3.05) is 7.05 Å². The molecule has 0 aliphatic rings. The fourth-order valence-corrected chi connectivity index (χ4v) is 2.23. The minimum atomic E-state index is -0.0545. The van der Waals surface area contributed by atoms with Gasteiger partial charge >= 0.3 is 0 Å². The fraction of sp³-hybridized carbons (Fsp3) is 0.400. The first-order valence-electron chi connectivity index (χ1n) is 4.44. The Morgan fingerprint density at radius 3 is 2.93 bits per heavy atom. The van der Waals surface area contributed by atoms with E-state index in [4.69, 9.17) is 5.26 Å². The SMILES string of the molecule is CC(CC#N)N(C)C(=O)c1csc(Br)c1. The molecule has 1 rings (SSSR count). The van der Waals surface area contributed by atoms with Crippen LogP contribution in [-0.2, 0) is 0 Å². The van der Waals surface area contributed by atoms with Crippen LogP contribution < -0.4 is 0 Å². The first-order chi connectivity index (χ1) is 7.06. The predicted octanol–water partition coefficient (Wildman–Crippen LogP) is 2.88. The fourth-order valence-electron chi connectivity index (χ4n) is 1.10. The first-order valence-corrected chi connectivity index (χ1v) is 6.11. The molecule has 0 aliphatic carbocycles. The average molecular weight is 287 g/mol. The lowest BCUT2D eigenvalue weighted by molar-refractivity contribution is 0.0747. The van der Waals surface area contributed by atoms with Gasteiger partial charge < -0.3 is 4.90 Å². The highest BCUT2D eigenvalue weighted by Gasteiger charge is 2.17. The van der Waals surface area contributed by atoms with E-state index in [-0.39, 0.29) is 11.9 Å². The standard InChI is InChI=1S/C10H11BrN2OS/c1-7(3-4-12)13(2)10(14)8-5-9(11)15-6-8/h5-7H,3H2,1-2H3. The van der Waals surface area contributed by atoms with Gasteiger partial charge in [-0.1, -0.05) is 0 Å². The largest absolute Gasteiger partial charge is 0.338 e. The Hall–Kier alpha value is -0.860. The summed E-state index contributed by atoms with van der Waals surface area (Å²) < 4.78 is 0.937. The smallest absolute Gasteiger partial charge is 0.254 e. The molecule has 1 atom stereocenters. The lowest BCUT2D eigenvalue weighted by Crippen LogP contribution is -2.34. The van der Waals surface area contributed by atoms with Crippen LogP contribution in [0.1, 0.15) is 23.7 Å². The second-order valence-corrected chi connectivity index (χ2v) is 5.56. The maximum Gasteiger partial charge on any atom is 0.254 e. The van der Waals surface area contributed by atoms with Gasteiger partial charge in [-0.3, -0.25) is 4.79 Å². The van der Waals surface area contributed by atoms with Crippen LogP contribution in [0, 0.1) is 11.3 Å². The zero-order chi connectivity index (χ0) is 11.4. The molecule has 0 aromatic carbocycles. The summed E-state index contributed by atoms with van der Waals surface area (Å²) >= 11 is 4.79. The second-order valence-electron chi connectivity index (χ2n) is 3.27. The van der Waals surface area contributed by atoms with Crippen LogP contribution in [0.4, 0.5) is 0 Å². The zero-order valence-corrected chi connectivity index (χ0v) is 10.9. The van der Waals surface area contributed by atoms with Crippen LogP contribution in [0.2, 0.25) is 0 Å². The van der Waals surface area contributed by atoms with Crippen LogP contribution in [0.3, 0.4) is 0 Å². The molecule has 0 fully saturated rings. The number of carbonyl (C=O) groups is 1. The van der Waals surface area contributed by atoms with Crippen molar-refractivity contribution in [3.8, 4) is 6.07 Å². The van der Waals surface area contributed by atoms with Crippen molar-refractivity contribution in [2.24, 2.45) is 0 Å². The van der Waals surface area contributed by atoms with Gasteiger partial charge in [0, 0.05) is 18.5 Å². The molecule has 3 nitrogen and oxygen atoms in total. The summed E-state index contributed by atoms with van der Waals surface area (Å²) in [4.78, 5) is 13.5. The minimum absolute atomic E-state index is 0.0419. The Morgan fingerprint density at radius 2 is 2.47 bits per heavy atom. The lowest BCUT2D eigenvalue weighted by Gasteiger charge is -2.22. The van der Waals surface area contributed by atoms with Gasteiger partial charge in [0.25, 0.3) is 5.91 Å². The van der Waals surface area contributed by atoms with Crippen molar-refractivity contribution in [1.82, 2.24) is 4.90 Å². The number of halogens is 1. The summed E-state index contributed by atoms with van der Waals surface area (Å²) in [6.07, 6.45) is 0.355. The molecule has 0 aliphatic heterocycles. The molecule has 5 heteroatoms. The third-order valence-corrected chi connectivity index (χ3v) is 3.69. The minimum Gasteiger partial charge on any atom is -0.338 e. The highest BCUT2D eigenvalue weighted by molar-refractivity contribution is 9.11. The molecule has 15 heavy (non-hydrogen) atoms. The van der Waals surface area contributed by atoms with Gasteiger partial charge in [0.15, 0.2) is 0 Å². The van der Waals surface area contributed by atoms with E-state index in [1.165, 1.54) is 11.3 Å². The number of amides is 1. The molecule has 0 spiro atoms. The molecular weight excluding hydrogens is 276 g/mol. The molecule has 1 amide bonds. The number of rotatable bonds is 3. The topological polar surface area (TPSA) is 44.1 Å². The maximum atomic E-state index is 11.9. The van der Waals surface area contributed by atoms with E-state index < -0.39 is 0 Å². The van der Waals surface area contributed by atoms with E-state index in [1.54, 1.807) is 18.0 Å². The molecule has 0 saturated heterocycles. The van der Waals surface area contributed by atoms with Crippen molar-refractivity contribution < 1.29 is 4.79 Å². The van der Waals surface area contributed by atoms with Gasteiger partial charge in [-0.15, -0.1) is 11.3 Å². The maximum absolute atomic E-state index is 11.9. The lowest BCUT2D eigenvalue weighted by atomic mass is 10.2. The molecule has 0 bridgehead atoms. The quantitative estimate of drug-likeness (QED) is 0.858. The third-order valence-electron chi connectivity index (χ3n) is 2.18. The Kier molecular flexibility index (Phi) is 4.30. The van der Waals surface area contributed by atoms with E-state index in [2.05, 4.69) is 22.0 Å².